The van der Waals surface area contributed by atoms with E-state index in [1.54, 1.807) is 0 Å². The molecule has 0 N–H and O–H groups in total. The first-order chi connectivity index (χ1) is 12.3. The molecule has 26 heavy (non-hydrogen) atoms. The van der Waals surface area contributed by atoms with E-state index in [0.717, 1.165) is 17.6 Å². The van der Waals surface area contributed by atoms with Gasteiger partial charge in [-0.2, -0.15) is 0 Å². The van der Waals surface area contributed by atoms with Crippen LogP contribution in [-0.4, -0.2) is 31.7 Å². The minimum Gasteiger partial charge on any atom is -0.482 e. The van der Waals surface area contributed by atoms with Crippen LogP contribution in [0.4, 0.5) is 0 Å². The Balaban J connectivity index is 1.28. The molecule has 0 aromatic heterocycles. The standard InChI is InChI=1S/C22H31O3S/c1-21-9-16-8-17(10-21)12-22(11-16,14-21)15-25-20(23)13-24-18-4-6-19(7-5-18)26(2)3/h4-7,16-17H,8-15H2,1-3H3/q+1. The lowest BCUT2D eigenvalue weighted by Crippen LogP contribution is -2.52. The molecule has 4 fully saturated rings. The highest BCUT2D eigenvalue weighted by Crippen LogP contribution is 2.65. The number of hydrogen-bond donors (Lipinski definition) is 0. The van der Waals surface area contributed by atoms with Gasteiger partial charge in [-0.15, -0.1) is 0 Å². The molecule has 0 spiro atoms. The van der Waals surface area contributed by atoms with Crippen molar-refractivity contribution in [1.29, 1.82) is 0 Å². The first kappa shape index (κ1) is 18.2. The van der Waals surface area contributed by atoms with Gasteiger partial charge in [0.15, 0.2) is 11.5 Å². The molecule has 0 saturated heterocycles. The van der Waals surface area contributed by atoms with Crippen LogP contribution in [0.1, 0.15) is 45.4 Å². The van der Waals surface area contributed by atoms with Crippen LogP contribution in [0, 0.1) is 22.7 Å². The van der Waals surface area contributed by atoms with Crippen LogP contribution >= 0.6 is 0 Å². The summed E-state index contributed by atoms with van der Waals surface area (Å²) < 4.78 is 11.3. The predicted octanol–water partition coefficient (Wildman–Crippen LogP) is 4.45. The van der Waals surface area contributed by atoms with Crippen LogP contribution in [0.25, 0.3) is 0 Å². The minimum atomic E-state index is -0.235. The van der Waals surface area contributed by atoms with Crippen molar-refractivity contribution in [3.05, 3.63) is 24.3 Å². The topological polar surface area (TPSA) is 35.5 Å². The number of esters is 1. The maximum atomic E-state index is 12.2. The molecule has 4 aliphatic rings. The smallest absolute Gasteiger partial charge is 0.344 e. The zero-order valence-electron chi connectivity index (χ0n) is 16.3. The highest BCUT2D eigenvalue weighted by molar-refractivity contribution is 7.95. The van der Waals surface area contributed by atoms with Crippen molar-refractivity contribution in [3.8, 4) is 5.75 Å². The van der Waals surface area contributed by atoms with E-state index in [-0.39, 0.29) is 28.9 Å². The summed E-state index contributed by atoms with van der Waals surface area (Å²) in [5, 5.41) is 0. The number of carbonyl (C=O) groups is 1. The molecule has 0 heterocycles. The van der Waals surface area contributed by atoms with Gasteiger partial charge < -0.3 is 9.47 Å². The highest BCUT2D eigenvalue weighted by Gasteiger charge is 2.56. The van der Waals surface area contributed by atoms with E-state index >= 15 is 0 Å². The highest BCUT2D eigenvalue weighted by atomic mass is 32.2. The average molecular weight is 376 g/mol. The summed E-state index contributed by atoms with van der Waals surface area (Å²) >= 11 is 0. The largest absolute Gasteiger partial charge is 0.482 e. The van der Waals surface area contributed by atoms with Gasteiger partial charge in [-0.3, -0.25) is 0 Å². The third-order valence-corrected chi connectivity index (χ3v) is 7.88. The minimum absolute atomic E-state index is 0.00349. The van der Waals surface area contributed by atoms with Crippen LogP contribution < -0.4 is 4.74 Å². The van der Waals surface area contributed by atoms with Gasteiger partial charge in [0, 0.05) is 16.3 Å². The molecule has 1 aromatic rings. The molecule has 0 radical (unpaired) electrons. The lowest BCUT2D eigenvalue weighted by molar-refractivity contribution is -0.164. The summed E-state index contributed by atoms with van der Waals surface area (Å²) in [6.07, 6.45) is 12.3. The number of rotatable bonds is 6. The zero-order chi connectivity index (χ0) is 18.4. The maximum absolute atomic E-state index is 12.2. The molecule has 4 aliphatic carbocycles. The van der Waals surface area contributed by atoms with E-state index < -0.39 is 0 Å². The van der Waals surface area contributed by atoms with Gasteiger partial charge >= 0.3 is 5.97 Å². The van der Waals surface area contributed by atoms with Crippen molar-refractivity contribution in [2.24, 2.45) is 22.7 Å². The van der Waals surface area contributed by atoms with Gasteiger partial charge in [-0.25, -0.2) is 4.79 Å². The normalized spacial score (nSPS) is 34.9. The molecular weight excluding hydrogens is 344 g/mol. The van der Waals surface area contributed by atoms with E-state index in [0.29, 0.717) is 12.0 Å². The first-order valence-corrected chi connectivity index (χ1v) is 11.9. The second-order valence-electron chi connectivity index (χ2n) is 9.51. The lowest BCUT2D eigenvalue weighted by Gasteiger charge is -2.61. The van der Waals surface area contributed by atoms with Crippen molar-refractivity contribution in [2.45, 2.75) is 50.3 Å². The third kappa shape index (κ3) is 3.76. The van der Waals surface area contributed by atoms with Crippen molar-refractivity contribution >= 4 is 16.9 Å². The van der Waals surface area contributed by atoms with Crippen LogP contribution in [0.3, 0.4) is 0 Å². The SMILES string of the molecule is C[S+](C)c1ccc(OCC(=O)OCC23CC4CC(CC(C)(C4)C2)C3)cc1. The molecule has 4 saturated carbocycles. The molecular formula is C22H31O3S+. The van der Waals surface area contributed by atoms with Gasteiger partial charge in [0.05, 0.1) is 6.61 Å². The van der Waals surface area contributed by atoms with Crippen molar-refractivity contribution in [2.75, 3.05) is 25.7 Å². The quantitative estimate of drug-likeness (QED) is 0.544. The summed E-state index contributed by atoms with van der Waals surface area (Å²) in [7, 11) is 0.241. The molecule has 142 valence electrons. The van der Waals surface area contributed by atoms with Gasteiger partial charge in [0.2, 0.25) is 0 Å². The summed E-state index contributed by atoms with van der Waals surface area (Å²) in [5.74, 6) is 2.21. The van der Waals surface area contributed by atoms with Gasteiger partial charge in [0.1, 0.15) is 18.3 Å². The number of carbonyl (C=O) groups excluding carboxylic acids is 1. The number of ether oxygens (including phenoxy) is 2. The van der Waals surface area contributed by atoms with Crippen molar-refractivity contribution in [1.82, 2.24) is 0 Å². The summed E-state index contributed by atoms with van der Waals surface area (Å²) in [4.78, 5) is 13.5. The predicted molar refractivity (Wildman–Crippen MR) is 106 cm³/mol. The molecule has 0 amide bonds. The number of hydrogen-bond acceptors (Lipinski definition) is 3. The molecule has 2 atom stereocenters. The fourth-order valence-electron chi connectivity index (χ4n) is 6.32. The first-order valence-electron chi connectivity index (χ1n) is 9.81. The second kappa shape index (κ2) is 6.78. The molecule has 1 aromatic carbocycles. The Kier molecular flexibility index (Phi) is 4.75. The number of benzene rings is 1. The molecule has 4 bridgehead atoms. The van der Waals surface area contributed by atoms with Crippen LogP contribution in [0.15, 0.2) is 29.2 Å². The van der Waals surface area contributed by atoms with Crippen LogP contribution in [0.5, 0.6) is 5.75 Å². The van der Waals surface area contributed by atoms with Gasteiger partial charge in [0.25, 0.3) is 0 Å². The van der Waals surface area contributed by atoms with Crippen LogP contribution in [0.2, 0.25) is 0 Å². The Morgan fingerprint density at radius 2 is 1.77 bits per heavy atom. The molecule has 2 unspecified atom stereocenters. The zero-order valence-corrected chi connectivity index (χ0v) is 17.1. The fraction of sp³-hybridized carbons (Fsp3) is 0.682. The Bertz CT molecular complexity index is 652. The fourth-order valence-corrected chi connectivity index (χ4v) is 7.00. The summed E-state index contributed by atoms with van der Waals surface area (Å²) in [6, 6.07) is 8.02. The molecule has 4 heteroatoms. The monoisotopic (exact) mass is 375 g/mol. The van der Waals surface area contributed by atoms with Crippen LogP contribution in [-0.2, 0) is 20.4 Å². The Morgan fingerprint density at radius 3 is 2.35 bits per heavy atom. The van der Waals surface area contributed by atoms with E-state index in [1.807, 2.05) is 12.1 Å². The molecule has 3 nitrogen and oxygen atoms in total. The maximum Gasteiger partial charge on any atom is 0.344 e. The molecule has 5 rings (SSSR count). The molecule has 0 aliphatic heterocycles. The van der Waals surface area contributed by atoms with Crippen molar-refractivity contribution < 1.29 is 14.3 Å². The van der Waals surface area contributed by atoms with E-state index in [2.05, 4.69) is 31.6 Å². The van der Waals surface area contributed by atoms with Gasteiger partial charge in [-0.1, -0.05) is 6.92 Å². The van der Waals surface area contributed by atoms with Gasteiger partial charge in [-0.05, 0) is 80.0 Å². The van der Waals surface area contributed by atoms with E-state index in [4.69, 9.17) is 9.47 Å². The third-order valence-electron chi connectivity index (χ3n) is 6.67. The van der Waals surface area contributed by atoms with E-state index in [9.17, 15) is 4.79 Å². The van der Waals surface area contributed by atoms with Crippen molar-refractivity contribution in [3.63, 3.8) is 0 Å². The summed E-state index contributed by atoms with van der Waals surface area (Å²) in [5.41, 5.74) is 0.736. The summed E-state index contributed by atoms with van der Waals surface area (Å²) in [6.45, 7) is 3.04. The Labute approximate surface area is 160 Å². The lowest BCUT2D eigenvalue weighted by atomic mass is 9.45. The van der Waals surface area contributed by atoms with E-state index in [1.165, 1.54) is 43.4 Å². The Morgan fingerprint density at radius 1 is 1.12 bits per heavy atom. The second-order valence-corrected chi connectivity index (χ2v) is 11.6. The average Bonchev–Trinajstić information content (AvgIpc) is 2.56. The Hall–Kier alpha value is -1.16.